The van der Waals surface area contributed by atoms with Gasteiger partial charge >= 0.3 is 12.1 Å². The second-order valence-corrected chi connectivity index (χ2v) is 9.00. The molecule has 2 amide bonds. The lowest BCUT2D eigenvalue weighted by atomic mass is 9.98. The van der Waals surface area contributed by atoms with Crippen LogP contribution in [0.4, 0.5) is 4.79 Å². The molecule has 2 aliphatic carbocycles. The molecule has 1 fully saturated rings. The van der Waals surface area contributed by atoms with Gasteiger partial charge in [0.1, 0.15) is 18.7 Å². The summed E-state index contributed by atoms with van der Waals surface area (Å²) in [5, 5.41) is 14.8. The number of carboxylic acid groups (broad SMARTS) is 1. The van der Waals surface area contributed by atoms with Crippen LogP contribution in [0.3, 0.4) is 0 Å². The maximum atomic E-state index is 12.8. The Morgan fingerprint density at radius 2 is 1.58 bits per heavy atom. The fourth-order valence-corrected chi connectivity index (χ4v) is 4.52. The second-order valence-electron chi connectivity index (χ2n) is 9.00. The van der Waals surface area contributed by atoms with E-state index in [1.54, 1.807) is 6.92 Å². The third kappa shape index (κ3) is 4.87. The molecule has 2 aliphatic rings. The Labute approximate surface area is 193 Å². The van der Waals surface area contributed by atoms with Gasteiger partial charge in [-0.15, -0.1) is 0 Å². The number of rotatable bonds is 9. The van der Waals surface area contributed by atoms with Crippen molar-refractivity contribution < 1.29 is 24.2 Å². The number of carboxylic acids is 1. The Bertz CT molecular complexity index is 1000. The van der Waals surface area contributed by atoms with Crippen molar-refractivity contribution >= 4 is 18.0 Å². The Morgan fingerprint density at radius 1 is 1.00 bits per heavy atom. The highest BCUT2D eigenvalue weighted by Crippen LogP contribution is 2.44. The topological polar surface area (TPSA) is 105 Å². The average molecular weight is 451 g/mol. The summed E-state index contributed by atoms with van der Waals surface area (Å²) in [5.41, 5.74) is 4.51. The first kappa shape index (κ1) is 22.8. The van der Waals surface area contributed by atoms with Crippen LogP contribution in [-0.2, 0) is 14.3 Å². The van der Waals surface area contributed by atoms with Gasteiger partial charge in [-0.2, -0.15) is 0 Å². The van der Waals surface area contributed by atoms with Crippen LogP contribution in [0.25, 0.3) is 11.1 Å². The summed E-state index contributed by atoms with van der Waals surface area (Å²) in [5.74, 6) is -1.84. The van der Waals surface area contributed by atoms with Gasteiger partial charge < -0.3 is 20.5 Å². The molecule has 2 aromatic carbocycles. The van der Waals surface area contributed by atoms with E-state index in [1.807, 2.05) is 43.3 Å². The van der Waals surface area contributed by atoms with Crippen LogP contribution in [0, 0.1) is 11.8 Å². The lowest BCUT2D eigenvalue weighted by Crippen LogP contribution is -2.54. The van der Waals surface area contributed by atoms with Crippen molar-refractivity contribution in [1.29, 1.82) is 0 Å². The maximum absolute atomic E-state index is 12.8. The van der Waals surface area contributed by atoms with Gasteiger partial charge in [-0.05, 0) is 46.9 Å². The molecular weight excluding hydrogens is 420 g/mol. The van der Waals surface area contributed by atoms with Gasteiger partial charge in [0.15, 0.2) is 0 Å². The predicted molar refractivity (Wildman–Crippen MR) is 124 cm³/mol. The zero-order valence-electron chi connectivity index (χ0n) is 18.9. The van der Waals surface area contributed by atoms with Crippen molar-refractivity contribution in [2.45, 2.75) is 51.1 Å². The summed E-state index contributed by atoms with van der Waals surface area (Å²) in [6.45, 7) is 3.81. The van der Waals surface area contributed by atoms with Gasteiger partial charge in [-0.1, -0.05) is 68.8 Å². The molecule has 3 unspecified atom stereocenters. The summed E-state index contributed by atoms with van der Waals surface area (Å²) in [6.07, 6.45) is 1.57. The summed E-state index contributed by atoms with van der Waals surface area (Å²) < 4.78 is 5.57. The number of hydrogen-bond acceptors (Lipinski definition) is 4. The Hall–Kier alpha value is -3.35. The molecular formula is C26H30N2O5. The number of aliphatic carboxylic acids is 1. The fourth-order valence-electron chi connectivity index (χ4n) is 4.52. The molecule has 174 valence electrons. The number of fused-ring (bicyclic) bond motifs is 3. The molecule has 3 atom stereocenters. The fraction of sp³-hybridized carbons (Fsp3) is 0.423. The Kier molecular flexibility index (Phi) is 6.67. The van der Waals surface area contributed by atoms with Crippen molar-refractivity contribution in [2.24, 2.45) is 11.8 Å². The number of hydrogen-bond donors (Lipinski definition) is 3. The van der Waals surface area contributed by atoms with Crippen molar-refractivity contribution in [3.8, 4) is 11.1 Å². The molecule has 33 heavy (non-hydrogen) atoms. The van der Waals surface area contributed by atoms with Crippen LogP contribution < -0.4 is 10.6 Å². The van der Waals surface area contributed by atoms with Gasteiger partial charge in [0.05, 0.1) is 0 Å². The van der Waals surface area contributed by atoms with Gasteiger partial charge in [-0.25, -0.2) is 9.59 Å². The van der Waals surface area contributed by atoms with E-state index < -0.39 is 30.1 Å². The molecule has 4 rings (SSSR count). The molecule has 0 bridgehead atoms. The Balaban J connectivity index is 1.40. The smallest absolute Gasteiger partial charge is 0.407 e. The predicted octanol–water partition coefficient (Wildman–Crippen LogP) is 3.92. The highest BCUT2D eigenvalue weighted by atomic mass is 16.5. The monoisotopic (exact) mass is 450 g/mol. The van der Waals surface area contributed by atoms with Gasteiger partial charge in [0.25, 0.3) is 0 Å². The van der Waals surface area contributed by atoms with E-state index >= 15 is 0 Å². The van der Waals surface area contributed by atoms with E-state index in [0.717, 1.165) is 35.1 Å². The zero-order chi connectivity index (χ0) is 23.5. The third-order valence-electron chi connectivity index (χ3n) is 6.77. The minimum atomic E-state index is -1.08. The van der Waals surface area contributed by atoms with Crippen molar-refractivity contribution in [1.82, 2.24) is 10.6 Å². The molecule has 7 heteroatoms. The zero-order valence-corrected chi connectivity index (χ0v) is 18.9. The molecule has 2 aromatic rings. The molecule has 0 spiro atoms. The van der Waals surface area contributed by atoms with Crippen LogP contribution >= 0.6 is 0 Å². The number of ether oxygens (including phenoxy) is 1. The molecule has 0 aromatic heterocycles. The maximum Gasteiger partial charge on any atom is 0.407 e. The van der Waals surface area contributed by atoms with Crippen molar-refractivity contribution in [2.75, 3.05) is 6.61 Å². The molecule has 3 N–H and O–H groups in total. The first-order valence-corrected chi connectivity index (χ1v) is 11.5. The Morgan fingerprint density at radius 3 is 2.09 bits per heavy atom. The molecule has 0 saturated heterocycles. The van der Waals surface area contributed by atoms with Crippen LogP contribution in [0.2, 0.25) is 0 Å². The largest absolute Gasteiger partial charge is 0.480 e. The standard InChI is InChI=1S/C26H30N2O5/c1-3-15(2)22(25(30)31)27-24(29)23(16-12-13-16)28-26(32)33-14-21-19-10-6-4-8-17(19)18-9-5-7-11-20(18)21/h4-11,15-16,21-23H,3,12-14H2,1-2H3,(H,27,29)(H,28,32)(H,30,31). The second kappa shape index (κ2) is 9.65. The van der Waals surface area contributed by atoms with Crippen LogP contribution in [0.1, 0.15) is 50.2 Å². The van der Waals surface area contributed by atoms with Crippen molar-refractivity contribution in [3.63, 3.8) is 0 Å². The first-order chi connectivity index (χ1) is 15.9. The van der Waals surface area contributed by atoms with Gasteiger partial charge in [0.2, 0.25) is 5.91 Å². The molecule has 0 aliphatic heterocycles. The number of benzene rings is 2. The summed E-state index contributed by atoms with van der Waals surface area (Å²) in [6, 6.07) is 14.4. The van der Waals surface area contributed by atoms with E-state index in [-0.39, 0.29) is 24.4 Å². The number of alkyl carbamates (subject to hydrolysis) is 1. The normalized spacial score (nSPS) is 17.3. The number of amides is 2. The quantitative estimate of drug-likeness (QED) is 0.537. The van der Waals surface area contributed by atoms with E-state index in [4.69, 9.17) is 4.74 Å². The summed E-state index contributed by atoms with van der Waals surface area (Å²) in [7, 11) is 0. The SMILES string of the molecule is CCC(C)C(NC(=O)C(NC(=O)OCC1c2ccccc2-c2ccccc21)C1CC1)C(=O)O. The highest BCUT2D eigenvalue weighted by Gasteiger charge is 2.40. The van der Waals surface area contributed by atoms with E-state index in [0.29, 0.717) is 6.42 Å². The van der Waals surface area contributed by atoms with Crippen LogP contribution in [-0.4, -0.2) is 41.8 Å². The lowest BCUT2D eigenvalue weighted by molar-refractivity contribution is -0.143. The summed E-state index contributed by atoms with van der Waals surface area (Å²) in [4.78, 5) is 37.1. The van der Waals surface area contributed by atoms with E-state index in [9.17, 15) is 19.5 Å². The van der Waals surface area contributed by atoms with Gasteiger partial charge in [0, 0.05) is 5.92 Å². The number of carbonyl (C=O) groups is 3. The van der Waals surface area contributed by atoms with Gasteiger partial charge in [-0.3, -0.25) is 4.79 Å². The minimum Gasteiger partial charge on any atom is -0.480 e. The molecule has 0 radical (unpaired) electrons. The van der Waals surface area contributed by atoms with Crippen molar-refractivity contribution in [3.05, 3.63) is 59.7 Å². The van der Waals surface area contributed by atoms with Crippen LogP contribution in [0.15, 0.2) is 48.5 Å². The lowest BCUT2D eigenvalue weighted by Gasteiger charge is -2.24. The average Bonchev–Trinajstić information content (AvgIpc) is 3.61. The number of nitrogens with one attached hydrogen (secondary N) is 2. The molecule has 1 saturated carbocycles. The highest BCUT2D eigenvalue weighted by molar-refractivity contribution is 5.90. The third-order valence-corrected chi connectivity index (χ3v) is 6.77. The molecule has 7 nitrogen and oxygen atoms in total. The molecule has 0 heterocycles. The number of carbonyl (C=O) groups excluding carboxylic acids is 2. The van der Waals surface area contributed by atoms with E-state index in [2.05, 4.69) is 22.8 Å². The van der Waals surface area contributed by atoms with E-state index in [1.165, 1.54) is 0 Å². The summed E-state index contributed by atoms with van der Waals surface area (Å²) >= 11 is 0. The first-order valence-electron chi connectivity index (χ1n) is 11.5. The minimum absolute atomic E-state index is 0.00291. The van der Waals surface area contributed by atoms with Crippen LogP contribution in [0.5, 0.6) is 0 Å².